The van der Waals surface area contributed by atoms with Crippen molar-refractivity contribution in [1.82, 2.24) is 10.3 Å². The van der Waals surface area contributed by atoms with Crippen molar-refractivity contribution in [2.24, 2.45) is 0 Å². The summed E-state index contributed by atoms with van der Waals surface area (Å²) in [4.78, 5) is 14.0. The first kappa shape index (κ1) is 11.7. The summed E-state index contributed by atoms with van der Waals surface area (Å²) >= 11 is 0. The highest BCUT2D eigenvalue weighted by Gasteiger charge is 2.26. The van der Waals surface area contributed by atoms with Crippen LogP contribution in [0.1, 0.15) is 0 Å². The second kappa shape index (κ2) is 5.07. The van der Waals surface area contributed by atoms with Crippen LogP contribution in [-0.4, -0.2) is 42.3 Å². The van der Waals surface area contributed by atoms with Crippen molar-refractivity contribution < 1.29 is 9.66 Å². The summed E-state index contributed by atoms with van der Waals surface area (Å²) in [6, 6.07) is 3.16. The third-order valence-corrected chi connectivity index (χ3v) is 2.75. The Balaban J connectivity index is 2.01. The highest BCUT2D eigenvalue weighted by molar-refractivity contribution is 5.41. The van der Waals surface area contributed by atoms with Crippen LogP contribution in [0.5, 0.6) is 0 Å². The largest absolute Gasteiger partial charge is 0.378 e. The Hall–Kier alpha value is -1.73. The molecule has 1 aliphatic rings. The fourth-order valence-corrected chi connectivity index (χ4v) is 1.82. The molecule has 0 amide bonds. The highest BCUT2D eigenvalue weighted by atomic mass is 16.6. The average Bonchev–Trinajstić information content (AvgIpc) is 2.77. The topological polar surface area (TPSA) is 89.3 Å². The van der Waals surface area contributed by atoms with Crippen LogP contribution >= 0.6 is 0 Å². The molecule has 1 aromatic heterocycles. The van der Waals surface area contributed by atoms with Gasteiger partial charge in [0.05, 0.1) is 17.1 Å². The number of nitrogens with zero attached hydrogens (tertiary/aromatic N) is 2. The summed E-state index contributed by atoms with van der Waals surface area (Å²) in [7, 11) is 1.66. The zero-order chi connectivity index (χ0) is 12.3. The molecular formula is C10H14N4O3. The molecule has 1 aromatic rings. The molecule has 1 fully saturated rings. The Kier molecular flexibility index (Phi) is 3.50. The van der Waals surface area contributed by atoms with E-state index in [0.29, 0.717) is 5.82 Å². The number of hydrogen-bond donors (Lipinski definition) is 2. The molecule has 1 saturated heterocycles. The van der Waals surface area contributed by atoms with Gasteiger partial charge in [-0.2, -0.15) is 0 Å². The fraction of sp³-hybridized carbons (Fsp3) is 0.500. The van der Waals surface area contributed by atoms with Gasteiger partial charge < -0.3 is 15.4 Å². The van der Waals surface area contributed by atoms with Gasteiger partial charge in [0.1, 0.15) is 12.0 Å². The van der Waals surface area contributed by atoms with E-state index in [1.807, 2.05) is 0 Å². The quantitative estimate of drug-likeness (QED) is 0.582. The monoisotopic (exact) mass is 238 g/mol. The molecule has 2 heterocycles. The summed E-state index contributed by atoms with van der Waals surface area (Å²) in [5, 5.41) is 16.9. The molecule has 0 saturated carbocycles. The smallest absolute Gasteiger partial charge is 0.287 e. The number of pyridine rings is 1. The van der Waals surface area contributed by atoms with Gasteiger partial charge >= 0.3 is 0 Å². The number of rotatable bonds is 4. The molecule has 2 rings (SSSR count). The van der Waals surface area contributed by atoms with E-state index >= 15 is 0 Å². The van der Waals surface area contributed by atoms with Crippen molar-refractivity contribution in [1.29, 1.82) is 0 Å². The van der Waals surface area contributed by atoms with Gasteiger partial charge in [-0.05, 0) is 6.07 Å². The lowest BCUT2D eigenvalue weighted by molar-refractivity contribution is -0.385. The van der Waals surface area contributed by atoms with Crippen LogP contribution in [0, 0.1) is 10.1 Å². The molecule has 0 spiro atoms. The summed E-state index contributed by atoms with van der Waals surface area (Å²) < 4.78 is 5.30. The van der Waals surface area contributed by atoms with Gasteiger partial charge in [0.2, 0.25) is 0 Å². The number of nitro groups is 1. The van der Waals surface area contributed by atoms with Gasteiger partial charge in [0.15, 0.2) is 0 Å². The van der Waals surface area contributed by atoms with E-state index < -0.39 is 4.92 Å². The summed E-state index contributed by atoms with van der Waals surface area (Å²) in [6.07, 6.45) is 1.33. The van der Waals surface area contributed by atoms with Crippen molar-refractivity contribution in [2.45, 2.75) is 12.1 Å². The van der Waals surface area contributed by atoms with Crippen LogP contribution in [0.3, 0.4) is 0 Å². The molecule has 0 radical (unpaired) electrons. The van der Waals surface area contributed by atoms with Gasteiger partial charge in [0, 0.05) is 26.3 Å². The highest BCUT2D eigenvalue weighted by Crippen LogP contribution is 2.15. The summed E-state index contributed by atoms with van der Waals surface area (Å²) in [5.41, 5.74) is -0.0108. The SMILES string of the molecule is CO[C@@H]1CNCC1Nc1ccc([N+](=O)[O-])cn1. The standard InChI is InChI=1S/C10H14N4O3/c1-17-9-6-11-5-8(9)13-10-3-2-7(4-12-10)14(15)16/h2-4,8-9,11H,5-6H2,1H3,(H,12,13)/t8?,9-/m1/s1. The molecule has 7 heteroatoms. The van der Waals surface area contributed by atoms with Gasteiger partial charge in [0.25, 0.3) is 5.69 Å². The Bertz CT molecular complexity index is 395. The maximum absolute atomic E-state index is 10.5. The van der Waals surface area contributed by atoms with Crippen molar-refractivity contribution in [3.05, 3.63) is 28.4 Å². The minimum Gasteiger partial charge on any atom is -0.378 e. The average molecular weight is 238 g/mol. The second-order valence-electron chi connectivity index (χ2n) is 3.84. The molecule has 1 unspecified atom stereocenters. The normalized spacial score (nSPS) is 23.6. The fourth-order valence-electron chi connectivity index (χ4n) is 1.82. The van der Waals surface area contributed by atoms with E-state index in [-0.39, 0.29) is 17.8 Å². The Labute approximate surface area is 98.3 Å². The van der Waals surface area contributed by atoms with Gasteiger partial charge in [-0.1, -0.05) is 0 Å². The molecule has 1 aliphatic heterocycles. The Morgan fingerprint density at radius 2 is 2.41 bits per heavy atom. The number of nitrogens with one attached hydrogen (secondary N) is 2. The minimum absolute atomic E-state index is 0.0108. The number of methoxy groups -OCH3 is 1. The summed E-state index contributed by atoms with van der Waals surface area (Å²) in [6.45, 7) is 1.58. The van der Waals surface area contributed by atoms with Crippen LogP contribution in [0.15, 0.2) is 18.3 Å². The first-order chi connectivity index (χ1) is 8.20. The lowest BCUT2D eigenvalue weighted by Gasteiger charge is -2.18. The number of ether oxygens (including phenoxy) is 1. The van der Waals surface area contributed by atoms with Crippen LogP contribution in [0.2, 0.25) is 0 Å². The van der Waals surface area contributed by atoms with Crippen molar-refractivity contribution >= 4 is 11.5 Å². The van der Waals surface area contributed by atoms with E-state index in [2.05, 4.69) is 15.6 Å². The van der Waals surface area contributed by atoms with Gasteiger partial charge in [-0.15, -0.1) is 0 Å². The predicted molar refractivity (Wildman–Crippen MR) is 62.0 cm³/mol. The van der Waals surface area contributed by atoms with Crippen molar-refractivity contribution in [3.8, 4) is 0 Å². The van der Waals surface area contributed by atoms with E-state index in [4.69, 9.17) is 4.74 Å². The molecular weight excluding hydrogens is 224 g/mol. The Morgan fingerprint density at radius 1 is 1.59 bits per heavy atom. The maximum Gasteiger partial charge on any atom is 0.287 e. The molecule has 0 aromatic carbocycles. The van der Waals surface area contributed by atoms with E-state index in [1.165, 1.54) is 12.3 Å². The Morgan fingerprint density at radius 3 is 3.00 bits per heavy atom. The molecule has 92 valence electrons. The molecule has 0 bridgehead atoms. The maximum atomic E-state index is 10.5. The van der Waals surface area contributed by atoms with Crippen LogP contribution in [0.4, 0.5) is 11.5 Å². The van der Waals surface area contributed by atoms with Gasteiger partial charge in [-0.3, -0.25) is 10.1 Å². The molecule has 2 N–H and O–H groups in total. The first-order valence-electron chi connectivity index (χ1n) is 5.31. The van der Waals surface area contributed by atoms with Crippen molar-refractivity contribution in [3.63, 3.8) is 0 Å². The minimum atomic E-state index is -0.466. The predicted octanol–water partition coefficient (Wildman–Crippen LogP) is 0.388. The summed E-state index contributed by atoms with van der Waals surface area (Å²) in [5.74, 6) is 0.617. The first-order valence-corrected chi connectivity index (χ1v) is 5.31. The third-order valence-electron chi connectivity index (χ3n) is 2.75. The van der Waals surface area contributed by atoms with Crippen LogP contribution < -0.4 is 10.6 Å². The van der Waals surface area contributed by atoms with Crippen LogP contribution in [0.25, 0.3) is 0 Å². The molecule has 2 atom stereocenters. The number of hydrogen-bond acceptors (Lipinski definition) is 6. The van der Waals surface area contributed by atoms with Crippen LogP contribution in [-0.2, 0) is 4.74 Å². The molecule has 7 nitrogen and oxygen atoms in total. The van der Waals surface area contributed by atoms with Gasteiger partial charge in [-0.25, -0.2) is 4.98 Å². The zero-order valence-corrected chi connectivity index (χ0v) is 9.42. The lowest BCUT2D eigenvalue weighted by atomic mass is 10.2. The third kappa shape index (κ3) is 2.69. The lowest BCUT2D eigenvalue weighted by Crippen LogP contribution is -2.33. The van der Waals surface area contributed by atoms with E-state index in [9.17, 15) is 10.1 Å². The molecule has 0 aliphatic carbocycles. The van der Waals surface area contributed by atoms with E-state index in [0.717, 1.165) is 13.1 Å². The van der Waals surface area contributed by atoms with Crippen molar-refractivity contribution in [2.75, 3.05) is 25.5 Å². The molecule has 17 heavy (non-hydrogen) atoms. The second-order valence-corrected chi connectivity index (χ2v) is 3.84. The number of anilines is 1. The van der Waals surface area contributed by atoms with E-state index in [1.54, 1.807) is 13.2 Å². The zero-order valence-electron chi connectivity index (χ0n) is 9.42. The number of aromatic nitrogens is 1.